The Morgan fingerprint density at radius 1 is 0.926 bits per heavy atom. The van der Waals surface area contributed by atoms with Crippen LogP contribution in [-0.2, 0) is 0 Å². The van der Waals surface area contributed by atoms with Gasteiger partial charge in [0.25, 0.3) is 0 Å². The van der Waals surface area contributed by atoms with Gasteiger partial charge in [-0.05, 0) is 30.3 Å². The number of fused-ring (bicyclic) bond motifs is 1. The number of carbonyl (C=O) groups is 1. The van der Waals surface area contributed by atoms with Crippen LogP contribution in [0.15, 0.2) is 83.9 Å². The van der Waals surface area contributed by atoms with E-state index in [0.717, 1.165) is 22.5 Å². The molecule has 4 heteroatoms. The van der Waals surface area contributed by atoms with Crippen LogP contribution in [0.1, 0.15) is 21.5 Å². The van der Waals surface area contributed by atoms with Crippen LogP contribution in [-0.4, -0.2) is 31.1 Å². The molecule has 0 amide bonds. The van der Waals surface area contributed by atoms with E-state index in [9.17, 15) is 4.79 Å². The van der Waals surface area contributed by atoms with E-state index in [0.29, 0.717) is 30.2 Å². The molecule has 134 valence electrons. The third-order valence-electron chi connectivity index (χ3n) is 4.69. The number of carbonyl (C=O) groups excluding carboxylic acids is 1. The molecule has 1 aliphatic rings. The lowest BCUT2D eigenvalue weighted by Gasteiger charge is -2.24. The second kappa shape index (κ2) is 7.77. The summed E-state index contributed by atoms with van der Waals surface area (Å²) in [5, 5.41) is 0.632. The fraction of sp³-hybridized carbons (Fsp3) is 0.130. The lowest BCUT2D eigenvalue weighted by molar-refractivity contribution is 0.0999. The SMILES string of the molecule is O=C(CN1CCN=C(c2ccccc2)c2ccccc21)c1ccc(Cl)cc1. The Morgan fingerprint density at radius 3 is 2.41 bits per heavy atom. The predicted octanol–water partition coefficient (Wildman–Crippen LogP) is 4.88. The summed E-state index contributed by atoms with van der Waals surface area (Å²) in [5.74, 6) is 0.0737. The first-order valence-corrected chi connectivity index (χ1v) is 9.33. The summed E-state index contributed by atoms with van der Waals surface area (Å²) in [5.41, 5.74) is 4.85. The Labute approximate surface area is 163 Å². The molecule has 1 aliphatic heterocycles. The highest BCUT2D eigenvalue weighted by Gasteiger charge is 2.21. The topological polar surface area (TPSA) is 32.7 Å². The molecule has 0 aliphatic carbocycles. The van der Waals surface area contributed by atoms with Crippen LogP contribution in [0.3, 0.4) is 0 Å². The van der Waals surface area contributed by atoms with Crippen molar-refractivity contribution in [2.45, 2.75) is 0 Å². The average Bonchev–Trinajstić information content (AvgIpc) is 2.89. The van der Waals surface area contributed by atoms with Crippen molar-refractivity contribution in [1.29, 1.82) is 0 Å². The first-order valence-electron chi connectivity index (χ1n) is 8.95. The molecule has 0 aromatic heterocycles. The number of benzodiazepines with no additional fused rings is 1. The molecule has 0 unspecified atom stereocenters. The van der Waals surface area contributed by atoms with Gasteiger partial charge in [-0.15, -0.1) is 0 Å². The van der Waals surface area contributed by atoms with Crippen molar-refractivity contribution >= 4 is 28.8 Å². The molecule has 0 atom stereocenters. The molecule has 0 saturated carbocycles. The summed E-state index contributed by atoms with van der Waals surface area (Å²) in [6.07, 6.45) is 0. The number of aliphatic imine (C=N–C) groups is 1. The van der Waals surface area contributed by atoms with Gasteiger partial charge in [0.15, 0.2) is 5.78 Å². The van der Waals surface area contributed by atoms with Gasteiger partial charge in [0.1, 0.15) is 0 Å². The minimum absolute atomic E-state index is 0.0737. The Balaban J connectivity index is 1.65. The third kappa shape index (κ3) is 3.79. The van der Waals surface area contributed by atoms with E-state index in [1.165, 1.54) is 0 Å². The maximum Gasteiger partial charge on any atom is 0.182 e. The van der Waals surface area contributed by atoms with Gasteiger partial charge in [-0.1, -0.05) is 60.1 Å². The van der Waals surface area contributed by atoms with Crippen LogP contribution in [0.25, 0.3) is 0 Å². The standard InChI is InChI=1S/C23H19ClN2O/c24-19-12-10-17(11-13-19)22(27)16-26-15-14-25-23(18-6-2-1-3-7-18)20-8-4-5-9-21(20)26/h1-13H,14-16H2. The Morgan fingerprint density at radius 2 is 1.63 bits per heavy atom. The number of hydrogen-bond donors (Lipinski definition) is 0. The van der Waals surface area contributed by atoms with Crippen LogP contribution < -0.4 is 4.90 Å². The van der Waals surface area contributed by atoms with Gasteiger partial charge in [0, 0.05) is 33.9 Å². The molecule has 1 heterocycles. The first kappa shape index (κ1) is 17.5. The maximum absolute atomic E-state index is 12.8. The number of halogens is 1. The van der Waals surface area contributed by atoms with Crippen LogP contribution in [0.4, 0.5) is 5.69 Å². The molecule has 0 N–H and O–H groups in total. The van der Waals surface area contributed by atoms with E-state index in [2.05, 4.69) is 29.2 Å². The minimum Gasteiger partial charge on any atom is -0.361 e. The number of nitrogens with zero attached hydrogens (tertiary/aromatic N) is 2. The van der Waals surface area contributed by atoms with E-state index in [1.807, 2.05) is 30.3 Å². The molecule has 3 aromatic carbocycles. The van der Waals surface area contributed by atoms with Gasteiger partial charge in [-0.2, -0.15) is 0 Å². The predicted molar refractivity (Wildman–Crippen MR) is 111 cm³/mol. The molecule has 0 fully saturated rings. The summed E-state index contributed by atoms with van der Waals surface area (Å²) < 4.78 is 0. The molecule has 3 aromatic rings. The van der Waals surface area contributed by atoms with E-state index in [4.69, 9.17) is 16.6 Å². The van der Waals surface area contributed by atoms with Crippen molar-refractivity contribution in [3.63, 3.8) is 0 Å². The van der Waals surface area contributed by atoms with Gasteiger partial charge in [0.2, 0.25) is 0 Å². The van der Waals surface area contributed by atoms with Gasteiger partial charge in [-0.25, -0.2) is 0 Å². The summed E-state index contributed by atoms with van der Waals surface area (Å²) in [6.45, 7) is 1.66. The molecule has 27 heavy (non-hydrogen) atoms. The summed E-state index contributed by atoms with van der Waals surface area (Å²) in [7, 11) is 0. The minimum atomic E-state index is 0.0737. The van der Waals surface area contributed by atoms with E-state index in [1.54, 1.807) is 24.3 Å². The molecule has 0 saturated heterocycles. The highest BCUT2D eigenvalue weighted by atomic mass is 35.5. The number of para-hydroxylation sites is 1. The quantitative estimate of drug-likeness (QED) is 0.609. The highest BCUT2D eigenvalue weighted by molar-refractivity contribution is 6.30. The number of rotatable bonds is 4. The molecule has 0 radical (unpaired) electrons. The fourth-order valence-electron chi connectivity index (χ4n) is 3.35. The first-order chi connectivity index (χ1) is 13.2. The average molecular weight is 375 g/mol. The summed E-state index contributed by atoms with van der Waals surface area (Å²) in [6, 6.07) is 25.4. The van der Waals surface area contributed by atoms with Crippen LogP contribution in [0.5, 0.6) is 0 Å². The zero-order chi connectivity index (χ0) is 18.6. The summed E-state index contributed by atoms with van der Waals surface area (Å²) in [4.78, 5) is 19.7. The zero-order valence-corrected chi connectivity index (χ0v) is 15.6. The van der Waals surface area contributed by atoms with Gasteiger partial charge >= 0.3 is 0 Å². The molecular weight excluding hydrogens is 356 g/mol. The largest absolute Gasteiger partial charge is 0.361 e. The van der Waals surface area contributed by atoms with E-state index < -0.39 is 0 Å². The van der Waals surface area contributed by atoms with Crippen molar-refractivity contribution in [3.8, 4) is 0 Å². The van der Waals surface area contributed by atoms with Gasteiger partial charge < -0.3 is 4.90 Å². The van der Waals surface area contributed by atoms with Gasteiger partial charge in [0.05, 0.1) is 18.8 Å². The number of ketones is 1. The summed E-state index contributed by atoms with van der Waals surface area (Å²) >= 11 is 5.93. The van der Waals surface area contributed by atoms with Crippen molar-refractivity contribution in [2.75, 3.05) is 24.5 Å². The van der Waals surface area contributed by atoms with Crippen LogP contribution >= 0.6 is 11.6 Å². The Kier molecular flexibility index (Phi) is 5.03. The zero-order valence-electron chi connectivity index (χ0n) is 14.8. The molecular formula is C23H19ClN2O. The molecule has 0 spiro atoms. The number of Topliss-reactive ketones (excluding diaryl/α,β-unsaturated/α-hetero) is 1. The normalized spacial score (nSPS) is 13.5. The van der Waals surface area contributed by atoms with E-state index in [-0.39, 0.29) is 5.78 Å². The third-order valence-corrected chi connectivity index (χ3v) is 4.94. The van der Waals surface area contributed by atoms with E-state index >= 15 is 0 Å². The Bertz CT molecular complexity index is 981. The second-order valence-electron chi connectivity index (χ2n) is 6.47. The van der Waals surface area contributed by atoms with Crippen LogP contribution in [0.2, 0.25) is 5.02 Å². The monoisotopic (exact) mass is 374 g/mol. The highest BCUT2D eigenvalue weighted by Crippen LogP contribution is 2.26. The Hall–Kier alpha value is -2.91. The maximum atomic E-state index is 12.8. The second-order valence-corrected chi connectivity index (χ2v) is 6.90. The smallest absolute Gasteiger partial charge is 0.182 e. The number of benzene rings is 3. The lowest BCUT2D eigenvalue weighted by atomic mass is 10.00. The van der Waals surface area contributed by atoms with Crippen molar-refractivity contribution in [1.82, 2.24) is 0 Å². The molecule has 0 bridgehead atoms. The number of hydrogen-bond acceptors (Lipinski definition) is 3. The van der Waals surface area contributed by atoms with Crippen LogP contribution in [0, 0.1) is 0 Å². The molecule has 4 rings (SSSR count). The fourth-order valence-corrected chi connectivity index (χ4v) is 3.47. The van der Waals surface area contributed by atoms with Crippen molar-refractivity contribution in [3.05, 3.63) is 101 Å². The van der Waals surface area contributed by atoms with Gasteiger partial charge in [-0.3, -0.25) is 9.79 Å². The number of anilines is 1. The molecule has 3 nitrogen and oxygen atoms in total. The van der Waals surface area contributed by atoms with Crippen molar-refractivity contribution in [2.24, 2.45) is 4.99 Å². The van der Waals surface area contributed by atoms with Crippen molar-refractivity contribution < 1.29 is 4.79 Å². The lowest BCUT2D eigenvalue weighted by Crippen LogP contribution is -2.32.